The topological polar surface area (TPSA) is 49.4 Å². The minimum atomic E-state index is -3.38. The van der Waals surface area contributed by atoms with Crippen molar-refractivity contribution >= 4 is 26.0 Å². The third-order valence-electron chi connectivity index (χ3n) is 3.28. The molecule has 4 nitrogen and oxygen atoms in total. The van der Waals surface area contributed by atoms with Crippen LogP contribution < -0.4 is 5.32 Å². The van der Waals surface area contributed by atoms with Crippen molar-refractivity contribution in [1.82, 2.24) is 9.62 Å². The molecule has 1 saturated heterocycles. The van der Waals surface area contributed by atoms with E-state index in [4.69, 9.17) is 0 Å². The molecule has 1 unspecified atom stereocenters. The first-order chi connectivity index (χ1) is 8.51. The van der Waals surface area contributed by atoms with E-state index in [2.05, 4.69) is 21.2 Å². The van der Waals surface area contributed by atoms with Crippen molar-refractivity contribution < 1.29 is 8.42 Å². The van der Waals surface area contributed by atoms with Crippen molar-refractivity contribution in [3.8, 4) is 0 Å². The number of nitrogens with one attached hydrogen (secondary N) is 1. The molecule has 1 heterocycles. The summed E-state index contributed by atoms with van der Waals surface area (Å²) >= 11 is 3.31. The molecule has 0 aliphatic carbocycles. The molecule has 0 radical (unpaired) electrons. The number of rotatable bonds is 3. The average molecular weight is 333 g/mol. The third kappa shape index (κ3) is 2.93. The zero-order valence-corrected chi connectivity index (χ0v) is 12.7. The molecule has 1 fully saturated rings. The van der Waals surface area contributed by atoms with E-state index >= 15 is 0 Å². The van der Waals surface area contributed by atoms with Gasteiger partial charge in [-0.15, -0.1) is 0 Å². The highest BCUT2D eigenvalue weighted by atomic mass is 79.9. The number of piperidine rings is 1. The molecule has 1 atom stereocenters. The number of nitrogens with zero attached hydrogens (tertiary/aromatic N) is 1. The average Bonchev–Trinajstić information content (AvgIpc) is 2.39. The summed E-state index contributed by atoms with van der Waals surface area (Å²) in [5, 5.41) is 3.23. The first-order valence-corrected chi connectivity index (χ1v) is 8.19. The molecule has 1 aliphatic heterocycles. The zero-order valence-electron chi connectivity index (χ0n) is 10.3. The van der Waals surface area contributed by atoms with E-state index in [1.54, 1.807) is 31.3 Å². The van der Waals surface area contributed by atoms with Crippen molar-refractivity contribution in [2.24, 2.45) is 0 Å². The molecule has 0 spiro atoms. The second-order valence-corrected chi connectivity index (χ2v) is 7.39. The van der Waals surface area contributed by atoms with Crippen LogP contribution in [0, 0.1) is 0 Å². The summed E-state index contributed by atoms with van der Waals surface area (Å²) < 4.78 is 27.2. The van der Waals surface area contributed by atoms with Crippen molar-refractivity contribution in [3.63, 3.8) is 0 Å². The Labute approximate surface area is 117 Å². The Morgan fingerprint density at radius 2 is 2.00 bits per heavy atom. The van der Waals surface area contributed by atoms with Crippen LogP contribution in [0.3, 0.4) is 0 Å². The summed E-state index contributed by atoms with van der Waals surface area (Å²) in [7, 11) is -1.72. The van der Waals surface area contributed by atoms with Gasteiger partial charge >= 0.3 is 0 Å². The largest absolute Gasteiger partial charge is 0.315 e. The highest BCUT2D eigenvalue weighted by Crippen LogP contribution is 2.21. The molecule has 1 aromatic rings. The van der Waals surface area contributed by atoms with Crippen LogP contribution in [0.15, 0.2) is 33.6 Å². The Hall–Kier alpha value is -0.430. The predicted octanol–water partition coefficient (Wildman–Crippen LogP) is 1.82. The second-order valence-electron chi connectivity index (χ2n) is 4.48. The van der Waals surface area contributed by atoms with Crippen LogP contribution >= 0.6 is 15.9 Å². The lowest BCUT2D eigenvalue weighted by atomic mass is 10.1. The van der Waals surface area contributed by atoms with Crippen LogP contribution in [-0.2, 0) is 10.0 Å². The summed E-state index contributed by atoms with van der Waals surface area (Å²) in [5.41, 5.74) is 0. The fourth-order valence-electron chi connectivity index (χ4n) is 2.11. The lowest BCUT2D eigenvalue weighted by Crippen LogP contribution is -2.46. The van der Waals surface area contributed by atoms with E-state index in [0.717, 1.165) is 30.4 Å². The molecule has 1 N–H and O–H groups in total. The minimum Gasteiger partial charge on any atom is -0.315 e. The molecule has 6 heteroatoms. The number of hydrogen-bond donors (Lipinski definition) is 1. The van der Waals surface area contributed by atoms with Gasteiger partial charge in [-0.3, -0.25) is 0 Å². The molecular formula is C12H17BrN2O2S. The van der Waals surface area contributed by atoms with Crippen LogP contribution in [-0.4, -0.2) is 38.9 Å². The summed E-state index contributed by atoms with van der Waals surface area (Å²) in [6.07, 6.45) is 1.93. The van der Waals surface area contributed by atoms with Gasteiger partial charge in [0.1, 0.15) is 0 Å². The Morgan fingerprint density at radius 1 is 1.33 bits per heavy atom. The fraction of sp³-hybridized carbons (Fsp3) is 0.500. The van der Waals surface area contributed by atoms with E-state index in [0.29, 0.717) is 4.90 Å². The number of benzene rings is 1. The second kappa shape index (κ2) is 5.69. The smallest absolute Gasteiger partial charge is 0.243 e. The van der Waals surface area contributed by atoms with Gasteiger partial charge in [-0.1, -0.05) is 15.9 Å². The highest BCUT2D eigenvalue weighted by molar-refractivity contribution is 9.10. The number of sulfonamides is 1. The molecule has 0 saturated carbocycles. The Balaban J connectivity index is 2.21. The highest BCUT2D eigenvalue weighted by Gasteiger charge is 2.28. The van der Waals surface area contributed by atoms with Crippen molar-refractivity contribution in [3.05, 3.63) is 28.7 Å². The maximum Gasteiger partial charge on any atom is 0.243 e. The maximum absolute atomic E-state index is 12.4. The van der Waals surface area contributed by atoms with Crippen LogP contribution in [0.1, 0.15) is 12.8 Å². The zero-order chi connectivity index (χ0) is 13.2. The summed E-state index contributed by atoms with van der Waals surface area (Å²) in [6.45, 7) is 1.70. The third-order valence-corrected chi connectivity index (χ3v) is 5.73. The first kappa shape index (κ1) is 14.0. The molecule has 0 aromatic heterocycles. The number of likely N-dealkylation sites (N-methyl/N-ethyl adjacent to an activating group) is 1. The van der Waals surface area contributed by atoms with Gasteiger partial charge in [-0.25, -0.2) is 8.42 Å². The fourth-order valence-corrected chi connectivity index (χ4v) is 3.76. The van der Waals surface area contributed by atoms with Gasteiger partial charge < -0.3 is 5.32 Å². The van der Waals surface area contributed by atoms with Gasteiger partial charge in [0.15, 0.2) is 0 Å². The molecular weight excluding hydrogens is 316 g/mol. The van der Waals surface area contributed by atoms with Gasteiger partial charge in [0.05, 0.1) is 4.90 Å². The Kier molecular flexibility index (Phi) is 4.42. The van der Waals surface area contributed by atoms with Crippen LogP contribution in [0.2, 0.25) is 0 Å². The molecule has 0 amide bonds. The summed E-state index contributed by atoms with van der Waals surface area (Å²) in [6, 6.07) is 6.81. The van der Waals surface area contributed by atoms with Crippen LogP contribution in [0.4, 0.5) is 0 Å². The lowest BCUT2D eigenvalue weighted by molar-refractivity contribution is 0.300. The molecule has 1 aliphatic rings. The minimum absolute atomic E-state index is 0.0485. The Bertz CT molecular complexity index is 495. The van der Waals surface area contributed by atoms with Gasteiger partial charge in [0, 0.05) is 24.1 Å². The van der Waals surface area contributed by atoms with Crippen molar-refractivity contribution in [2.45, 2.75) is 23.8 Å². The van der Waals surface area contributed by atoms with Gasteiger partial charge in [-0.05, 0) is 43.7 Å². The number of halogens is 1. The van der Waals surface area contributed by atoms with E-state index in [9.17, 15) is 8.42 Å². The molecule has 1 aromatic carbocycles. The van der Waals surface area contributed by atoms with E-state index in [-0.39, 0.29) is 6.04 Å². The van der Waals surface area contributed by atoms with E-state index < -0.39 is 10.0 Å². The standard InChI is InChI=1S/C12H17BrN2O2S/c1-15(11-3-2-8-14-9-11)18(16,17)12-6-4-10(13)5-7-12/h4-7,11,14H,2-3,8-9H2,1H3. The molecule has 0 bridgehead atoms. The van der Waals surface area contributed by atoms with Crippen molar-refractivity contribution in [2.75, 3.05) is 20.1 Å². The maximum atomic E-state index is 12.4. The van der Waals surface area contributed by atoms with Gasteiger partial charge in [-0.2, -0.15) is 4.31 Å². The van der Waals surface area contributed by atoms with E-state index in [1.165, 1.54) is 4.31 Å². The first-order valence-electron chi connectivity index (χ1n) is 5.96. The van der Waals surface area contributed by atoms with Gasteiger partial charge in [0.2, 0.25) is 10.0 Å². The normalized spacial score (nSPS) is 21.2. The molecule has 18 heavy (non-hydrogen) atoms. The quantitative estimate of drug-likeness (QED) is 0.918. The monoisotopic (exact) mass is 332 g/mol. The SMILES string of the molecule is CN(C1CCCNC1)S(=O)(=O)c1ccc(Br)cc1. The van der Waals surface area contributed by atoms with E-state index in [1.807, 2.05) is 0 Å². The molecule has 100 valence electrons. The van der Waals surface area contributed by atoms with Gasteiger partial charge in [0.25, 0.3) is 0 Å². The summed E-state index contributed by atoms with van der Waals surface area (Å²) in [4.78, 5) is 0.346. The van der Waals surface area contributed by atoms with Crippen LogP contribution in [0.5, 0.6) is 0 Å². The Morgan fingerprint density at radius 3 is 2.56 bits per heavy atom. The van der Waals surface area contributed by atoms with Crippen molar-refractivity contribution in [1.29, 1.82) is 0 Å². The molecule has 2 rings (SSSR count). The number of hydrogen-bond acceptors (Lipinski definition) is 3. The lowest BCUT2D eigenvalue weighted by Gasteiger charge is -2.30. The van der Waals surface area contributed by atoms with Crippen LogP contribution in [0.25, 0.3) is 0 Å². The predicted molar refractivity (Wildman–Crippen MR) is 75.0 cm³/mol. The summed E-state index contributed by atoms with van der Waals surface area (Å²) in [5.74, 6) is 0.